The fourth-order valence-corrected chi connectivity index (χ4v) is 2.82. The number of aliphatic hydroxyl groups is 1. The molecule has 0 radical (unpaired) electrons. The van der Waals surface area contributed by atoms with Gasteiger partial charge < -0.3 is 5.11 Å². The molecule has 6 heteroatoms. The normalized spacial score (nSPS) is 12.7. The highest BCUT2D eigenvalue weighted by atomic mass is 79.9. The first-order valence-electron chi connectivity index (χ1n) is 6.22. The highest BCUT2D eigenvalue weighted by Gasteiger charge is 2.11. The zero-order chi connectivity index (χ0) is 14.3. The lowest BCUT2D eigenvalue weighted by atomic mass is 10.1. The third-order valence-electron chi connectivity index (χ3n) is 2.53. The van der Waals surface area contributed by atoms with E-state index in [2.05, 4.69) is 35.3 Å². The minimum atomic E-state index is -0.0416. The Morgan fingerprint density at radius 3 is 2.68 bits per heavy atom. The van der Waals surface area contributed by atoms with Crippen LogP contribution < -0.4 is 9.79 Å². The van der Waals surface area contributed by atoms with Gasteiger partial charge in [0.15, 0.2) is 0 Å². The molecule has 19 heavy (non-hydrogen) atoms. The first kappa shape index (κ1) is 16.8. The standard InChI is InChI=1S/C13H21BrN2O2S/c1-10(2)8-11(9-17)15-18-19-16(3)13-7-5-4-6-12(13)14/h4-7,10-11,15,17H,8-9H2,1-3H3. The lowest BCUT2D eigenvalue weighted by Crippen LogP contribution is -2.33. The molecule has 0 aromatic heterocycles. The number of nitrogens with one attached hydrogen (secondary N) is 1. The maximum absolute atomic E-state index is 9.23. The quantitative estimate of drug-likeness (QED) is 0.428. The van der Waals surface area contributed by atoms with Crippen LogP contribution in [0.25, 0.3) is 0 Å². The van der Waals surface area contributed by atoms with Gasteiger partial charge in [0.25, 0.3) is 0 Å². The van der Waals surface area contributed by atoms with E-state index in [9.17, 15) is 5.11 Å². The average Bonchev–Trinajstić information content (AvgIpc) is 2.37. The molecule has 0 heterocycles. The van der Waals surface area contributed by atoms with E-state index < -0.39 is 0 Å². The van der Waals surface area contributed by atoms with Crippen LogP contribution in [0.4, 0.5) is 5.69 Å². The van der Waals surface area contributed by atoms with Crippen molar-refractivity contribution in [3.8, 4) is 0 Å². The summed E-state index contributed by atoms with van der Waals surface area (Å²) >= 11 is 4.69. The number of hydrogen-bond acceptors (Lipinski definition) is 5. The Hall–Kier alpha value is -0.270. The maximum atomic E-state index is 9.23. The second-order valence-electron chi connectivity index (χ2n) is 4.73. The molecule has 0 spiro atoms. The van der Waals surface area contributed by atoms with E-state index >= 15 is 0 Å². The Labute approximate surface area is 127 Å². The van der Waals surface area contributed by atoms with Gasteiger partial charge in [-0.2, -0.15) is 5.48 Å². The molecule has 0 fully saturated rings. The summed E-state index contributed by atoms with van der Waals surface area (Å²) in [4.78, 5) is 0. The van der Waals surface area contributed by atoms with E-state index in [1.54, 1.807) is 0 Å². The summed E-state index contributed by atoms with van der Waals surface area (Å²) in [5.41, 5.74) is 3.90. The molecule has 108 valence electrons. The monoisotopic (exact) mass is 348 g/mol. The molecular weight excluding hydrogens is 328 g/mol. The summed E-state index contributed by atoms with van der Waals surface area (Å²) in [6.45, 7) is 4.30. The predicted molar refractivity (Wildman–Crippen MR) is 84.7 cm³/mol. The van der Waals surface area contributed by atoms with Crippen molar-refractivity contribution >= 4 is 33.8 Å². The van der Waals surface area contributed by atoms with Crippen molar-refractivity contribution in [2.75, 3.05) is 18.0 Å². The molecule has 0 amide bonds. The topological polar surface area (TPSA) is 44.7 Å². The molecule has 4 nitrogen and oxygen atoms in total. The van der Waals surface area contributed by atoms with Gasteiger partial charge in [-0.15, -0.1) is 0 Å². The molecule has 2 N–H and O–H groups in total. The maximum Gasteiger partial charge on any atom is 0.135 e. The third-order valence-corrected chi connectivity index (χ3v) is 3.79. The van der Waals surface area contributed by atoms with E-state index in [-0.39, 0.29) is 12.6 Å². The van der Waals surface area contributed by atoms with E-state index in [0.29, 0.717) is 5.92 Å². The number of para-hydroxylation sites is 1. The second kappa shape index (κ2) is 8.81. The Kier molecular flexibility index (Phi) is 7.78. The van der Waals surface area contributed by atoms with Crippen LogP contribution in [0.5, 0.6) is 0 Å². The molecule has 1 unspecified atom stereocenters. The largest absolute Gasteiger partial charge is 0.395 e. The van der Waals surface area contributed by atoms with E-state index in [1.165, 1.54) is 12.2 Å². The van der Waals surface area contributed by atoms with Crippen molar-refractivity contribution in [3.63, 3.8) is 0 Å². The summed E-state index contributed by atoms with van der Waals surface area (Å²) in [5.74, 6) is 0.513. The van der Waals surface area contributed by atoms with Crippen molar-refractivity contribution in [3.05, 3.63) is 28.7 Å². The zero-order valence-electron chi connectivity index (χ0n) is 11.5. The molecule has 1 aromatic rings. The molecule has 1 rings (SSSR count). The Morgan fingerprint density at radius 1 is 1.42 bits per heavy atom. The Morgan fingerprint density at radius 2 is 2.11 bits per heavy atom. The molecular formula is C13H21BrN2O2S. The van der Waals surface area contributed by atoms with Gasteiger partial charge in [-0.1, -0.05) is 26.0 Å². The van der Waals surface area contributed by atoms with Gasteiger partial charge >= 0.3 is 0 Å². The van der Waals surface area contributed by atoms with Crippen LogP contribution >= 0.6 is 28.2 Å². The number of nitrogens with zero attached hydrogens (tertiary/aromatic N) is 1. The molecule has 1 aromatic carbocycles. The second-order valence-corrected chi connectivity index (χ2v) is 6.45. The Bertz CT molecular complexity index is 379. The Balaban J connectivity index is 2.38. The fraction of sp³-hybridized carbons (Fsp3) is 0.538. The van der Waals surface area contributed by atoms with Crippen LogP contribution in [0.1, 0.15) is 20.3 Å². The van der Waals surface area contributed by atoms with Crippen LogP contribution in [0.15, 0.2) is 28.7 Å². The number of rotatable bonds is 8. The molecule has 0 saturated heterocycles. The van der Waals surface area contributed by atoms with Crippen molar-refractivity contribution < 1.29 is 9.39 Å². The first-order valence-corrected chi connectivity index (χ1v) is 7.72. The van der Waals surface area contributed by atoms with Gasteiger partial charge in [-0.3, -0.25) is 4.31 Å². The molecule has 0 aliphatic carbocycles. The molecule has 1 atom stereocenters. The van der Waals surface area contributed by atoms with Gasteiger partial charge in [-0.05, 0) is 40.4 Å². The molecule has 0 bridgehead atoms. The van der Waals surface area contributed by atoms with Crippen LogP contribution in [-0.4, -0.2) is 24.8 Å². The minimum Gasteiger partial charge on any atom is -0.395 e. The van der Waals surface area contributed by atoms with E-state index in [0.717, 1.165) is 16.6 Å². The smallest absolute Gasteiger partial charge is 0.135 e. The van der Waals surface area contributed by atoms with Crippen LogP contribution in [0, 0.1) is 5.92 Å². The highest BCUT2D eigenvalue weighted by molar-refractivity contribution is 9.10. The van der Waals surface area contributed by atoms with Crippen LogP contribution in [0.2, 0.25) is 0 Å². The number of anilines is 1. The van der Waals surface area contributed by atoms with Crippen molar-refractivity contribution in [2.45, 2.75) is 26.3 Å². The lowest BCUT2D eigenvalue weighted by Gasteiger charge is -2.21. The van der Waals surface area contributed by atoms with Crippen molar-refractivity contribution in [2.24, 2.45) is 5.92 Å². The fourth-order valence-electron chi connectivity index (χ4n) is 1.62. The third kappa shape index (κ3) is 6.14. The number of halogens is 1. The number of aliphatic hydroxyl groups excluding tert-OH is 1. The first-order chi connectivity index (χ1) is 9.04. The predicted octanol–water partition coefficient (Wildman–Crippen LogP) is 3.38. The summed E-state index contributed by atoms with van der Waals surface area (Å²) in [6.07, 6.45) is 0.871. The minimum absolute atomic E-state index is 0.0416. The number of hydroxylamine groups is 1. The van der Waals surface area contributed by atoms with Gasteiger partial charge in [-0.25, -0.2) is 4.28 Å². The number of benzene rings is 1. The number of hydrogen-bond donors (Lipinski definition) is 2. The summed E-state index contributed by atoms with van der Waals surface area (Å²) < 4.78 is 8.28. The van der Waals surface area contributed by atoms with Gasteiger partial charge in [0.05, 0.1) is 18.3 Å². The highest BCUT2D eigenvalue weighted by Crippen LogP contribution is 2.28. The van der Waals surface area contributed by atoms with Gasteiger partial charge in [0.1, 0.15) is 12.2 Å². The van der Waals surface area contributed by atoms with Crippen LogP contribution in [-0.2, 0) is 4.28 Å². The molecule has 0 saturated carbocycles. The molecule has 0 aliphatic rings. The molecule has 0 aliphatic heterocycles. The summed E-state index contributed by atoms with van der Waals surface area (Å²) in [6, 6.07) is 7.88. The van der Waals surface area contributed by atoms with Crippen LogP contribution in [0.3, 0.4) is 0 Å². The van der Waals surface area contributed by atoms with Crippen molar-refractivity contribution in [1.29, 1.82) is 0 Å². The summed E-state index contributed by atoms with van der Waals surface area (Å²) in [5, 5.41) is 9.23. The van der Waals surface area contributed by atoms with E-state index in [4.69, 9.17) is 4.28 Å². The van der Waals surface area contributed by atoms with Gasteiger partial charge in [0, 0.05) is 11.5 Å². The van der Waals surface area contributed by atoms with E-state index in [1.807, 2.05) is 35.6 Å². The van der Waals surface area contributed by atoms with Crippen molar-refractivity contribution in [1.82, 2.24) is 5.48 Å². The summed E-state index contributed by atoms with van der Waals surface area (Å²) in [7, 11) is 1.92. The SMILES string of the molecule is CC(C)CC(CO)NOSN(C)c1ccccc1Br. The average molecular weight is 349 g/mol. The van der Waals surface area contributed by atoms with Gasteiger partial charge in [0.2, 0.25) is 0 Å². The lowest BCUT2D eigenvalue weighted by molar-refractivity contribution is 0.121. The zero-order valence-corrected chi connectivity index (χ0v) is 13.9.